The molecule has 3 aromatic rings. The molecule has 7 nitrogen and oxygen atoms in total. The maximum Gasteiger partial charge on any atom is 0.277 e. The summed E-state index contributed by atoms with van der Waals surface area (Å²) in [5, 5.41) is 6.86. The van der Waals surface area contributed by atoms with Crippen LogP contribution in [0.15, 0.2) is 47.0 Å². The first kappa shape index (κ1) is 18.7. The minimum atomic E-state index is -0.337. The number of hydrogen-bond donors (Lipinski definition) is 1. The summed E-state index contributed by atoms with van der Waals surface area (Å²) in [6.07, 6.45) is 3.40. The largest absolute Gasteiger partial charge is 0.497 e. The number of ether oxygens (including phenoxy) is 2. The van der Waals surface area contributed by atoms with E-state index in [-0.39, 0.29) is 12.5 Å². The predicted molar refractivity (Wildman–Crippen MR) is 105 cm³/mol. The van der Waals surface area contributed by atoms with Gasteiger partial charge in [-0.2, -0.15) is 5.10 Å². The highest BCUT2D eigenvalue weighted by Crippen LogP contribution is 2.21. The molecular weight excluding hydrogens is 364 g/mol. The summed E-state index contributed by atoms with van der Waals surface area (Å²) in [6.45, 7) is 3.87. The number of nitrogens with zero attached hydrogens (tertiary/aromatic N) is 3. The Bertz CT molecular complexity index is 931. The number of carbonyl (C=O) groups excluding carboxylic acids is 1. The van der Waals surface area contributed by atoms with Crippen molar-refractivity contribution in [2.24, 2.45) is 5.10 Å². The van der Waals surface area contributed by atoms with Gasteiger partial charge in [-0.15, -0.1) is 11.3 Å². The topological polar surface area (TPSA) is 77.7 Å². The number of nitrogens with one attached hydrogen (secondary N) is 1. The Labute approximate surface area is 161 Å². The maximum absolute atomic E-state index is 11.9. The summed E-state index contributed by atoms with van der Waals surface area (Å²) in [5.74, 6) is 0.976. The molecule has 2 aromatic heterocycles. The number of hydrogen-bond acceptors (Lipinski definition) is 6. The van der Waals surface area contributed by atoms with E-state index in [9.17, 15) is 4.79 Å². The van der Waals surface area contributed by atoms with Crippen molar-refractivity contribution < 1.29 is 14.3 Å². The highest BCUT2D eigenvalue weighted by molar-refractivity contribution is 7.12. The first-order valence-electron chi connectivity index (χ1n) is 8.26. The van der Waals surface area contributed by atoms with Gasteiger partial charge in [-0.1, -0.05) is 0 Å². The standard InChI is InChI=1S/C19H20N4O3S/c1-13-10-15(14(2)23(13)19-20-8-9-27-19)11-21-22-18(24)12-26-17-6-4-16(25-3)5-7-17/h4-11H,12H2,1-3H3,(H,22,24)/b21-11-. The summed E-state index contributed by atoms with van der Waals surface area (Å²) in [7, 11) is 1.59. The second kappa shape index (κ2) is 8.50. The van der Waals surface area contributed by atoms with Gasteiger partial charge in [-0.05, 0) is 44.2 Å². The van der Waals surface area contributed by atoms with E-state index in [2.05, 4.69) is 20.1 Å². The third-order valence-corrected chi connectivity index (χ3v) is 4.66. The van der Waals surface area contributed by atoms with Crippen molar-refractivity contribution in [1.29, 1.82) is 0 Å². The molecule has 0 bridgehead atoms. The second-order valence-electron chi connectivity index (χ2n) is 5.73. The van der Waals surface area contributed by atoms with Crippen LogP contribution in [0.2, 0.25) is 0 Å². The van der Waals surface area contributed by atoms with E-state index >= 15 is 0 Å². The molecule has 0 fully saturated rings. The minimum absolute atomic E-state index is 0.123. The van der Waals surface area contributed by atoms with Gasteiger partial charge in [0.05, 0.1) is 13.3 Å². The molecule has 3 rings (SSSR count). The third-order valence-electron chi connectivity index (χ3n) is 3.90. The van der Waals surface area contributed by atoms with Crippen LogP contribution in [0.25, 0.3) is 5.13 Å². The summed E-state index contributed by atoms with van der Waals surface area (Å²) in [5.41, 5.74) is 5.45. The van der Waals surface area contributed by atoms with E-state index in [0.29, 0.717) is 5.75 Å². The second-order valence-corrected chi connectivity index (χ2v) is 6.61. The quantitative estimate of drug-likeness (QED) is 0.502. The van der Waals surface area contributed by atoms with E-state index in [1.165, 1.54) is 0 Å². The van der Waals surface area contributed by atoms with Crippen molar-refractivity contribution in [2.45, 2.75) is 13.8 Å². The molecule has 0 aliphatic rings. The normalized spacial score (nSPS) is 10.9. The number of benzene rings is 1. The van der Waals surface area contributed by atoms with Crippen LogP contribution >= 0.6 is 11.3 Å². The molecule has 0 saturated heterocycles. The highest BCUT2D eigenvalue weighted by Gasteiger charge is 2.11. The van der Waals surface area contributed by atoms with Crippen LogP contribution in [-0.4, -0.2) is 35.4 Å². The number of aryl methyl sites for hydroxylation is 1. The smallest absolute Gasteiger partial charge is 0.277 e. The molecule has 0 aliphatic carbocycles. The summed E-state index contributed by atoms with van der Waals surface area (Å²) in [4.78, 5) is 16.2. The van der Waals surface area contributed by atoms with Crippen LogP contribution in [0.5, 0.6) is 11.5 Å². The molecule has 0 spiro atoms. The zero-order chi connectivity index (χ0) is 19.2. The van der Waals surface area contributed by atoms with Crippen LogP contribution in [-0.2, 0) is 4.79 Å². The zero-order valence-corrected chi connectivity index (χ0v) is 16.1. The van der Waals surface area contributed by atoms with E-state index in [0.717, 1.165) is 27.8 Å². The van der Waals surface area contributed by atoms with Crippen LogP contribution in [0.1, 0.15) is 17.0 Å². The lowest BCUT2D eigenvalue weighted by Gasteiger charge is -2.06. The average Bonchev–Trinajstić information content (AvgIpc) is 3.28. The van der Waals surface area contributed by atoms with Gasteiger partial charge in [0, 0.05) is 28.5 Å². The van der Waals surface area contributed by atoms with Gasteiger partial charge in [0.25, 0.3) is 5.91 Å². The number of thiazole rings is 1. The first-order valence-corrected chi connectivity index (χ1v) is 9.14. The van der Waals surface area contributed by atoms with Crippen molar-refractivity contribution in [3.8, 4) is 16.6 Å². The fourth-order valence-electron chi connectivity index (χ4n) is 2.57. The number of hydrazone groups is 1. The van der Waals surface area contributed by atoms with Gasteiger partial charge < -0.3 is 9.47 Å². The van der Waals surface area contributed by atoms with Crippen molar-refractivity contribution in [3.05, 3.63) is 58.9 Å². The van der Waals surface area contributed by atoms with Gasteiger partial charge in [-0.3, -0.25) is 9.36 Å². The van der Waals surface area contributed by atoms with E-state index in [1.54, 1.807) is 55.1 Å². The zero-order valence-electron chi connectivity index (χ0n) is 15.3. The number of amides is 1. The lowest BCUT2D eigenvalue weighted by molar-refractivity contribution is -0.123. The van der Waals surface area contributed by atoms with Crippen molar-refractivity contribution >= 4 is 23.5 Å². The molecule has 0 saturated carbocycles. The molecule has 1 amide bonds. The fraction of sp³-hybridized carbons (Fsp3) is 0.211. The lowest BCUT2D eigenvalue weighted by Crippen LogP contribution is -2.24. The number of carbonyl (C=O) groups is 1. The van der Waals surface area contributed by atoms with Crippen LogP contribution in [0.4, 0.5) is 0 Å². The van der Waals surface area contributed by atoms with Crippen LogP contribution in [0.3, 0.4) is 0 Å². The van der Waals surface area contributed by atoms with Crippen LogP contribution < -0.4 is 14.9 Å². The highest BCUT2D eigenvalue weighted by atomic mass is 32.1. The lowest BCUT2D eigenvalue weighted by atomic mass is 10.3. The summed E-state index contributed by atoms with van der Waals surface area (Å²) < 4.78 is 12.5. The van der Waals surface area contributed by atoms with Gasteiger partial charge in [0.15, 0.2) is 11.7 Å². The molecule has 8 heteroatoms. The molecule has 0 radical (unpaired) electrons. The Morgan fingerprint density at radius 2 is 2.04 bits per heavy atom. The van der Waals surface area contributed by atoms with Gasteiger partial charge in [0.1, 0.15) is 11.5 Å². The number of methoxy groups -OCH3 is 1. The van der Waals surface area contributed by atoms with Gasteiger partial charge in [0.2, 0.25) is 0 Å². The third kappa shape index (κ3) is 4.53. The molecule has 0 aliphatic heterocycles. The Balaban J connectivity index is 1.55. The van der Waals surface area contributed by atoms with Crippen molar-refractivity contribution in [3.63, 3.8) is 0 Å². The van der Waals surface area contributed by atoms with Gasteiger partial charge in [-0.25, -0.2) is 10.4 Å². The summed E-state index contributed by atoms with van der Waals surface area (Å²) in [6, 6.07) is 9.01. The monoisotopic (exact) mass is 384 g/mol. The van der Waals surface area contributed by atoms with E-state index < -0.39 is 0 Å². The predicted octanol–water partition coefficient (Wildman–Crippen LogP) is 3.09. The van der Waals surface area contributed by atoms with Crippen molar-refractivity contribution in [2.75, 3.05) is 13.7 Å². The molecule has 27 heavy (non-hydrogen) atoms. The molecular formula is C19H20N4O3S. The first-order chi connectivity index (χ1) is 13.1. The van der Waals surface area contributed by atoms with Gasteiger partial charge >= 0.3 is 0 Å². The number of aromatic nitrogens is 2. The molecule has 1 aromatic carbocycles. The Morgan fingerprint density at radius 1 is 1.30 bits per heavy atom. The molecule has 2 heterocycles. The fourth-order valence-corrected chi connectivity index (χ4v) is 3.32. The minimum Gasteiger partial charge on any atom is -0.497 e. The molecule has 1 N–H and O–H groups in total. The average molecular weight is 384 g/mol. The van der Waals surface area contributed by atoms with Crippen molar-refractivity contribution in [1.82, 2.24) is 15.0 Å². The van der Waals surface area contributed by atoms with Crippen LogP contribution in [0, 0.1) is 13.8 Å². The maximum atomic E-state index is 11.9. The van der Waals surface area contributed by atoms with E-state index in [1.807, 2.05) is 25.3 Å². The number of rotatable bonds is 7. The molecule has 140 valence electrons. The molecule has 0 atom stereocenters. The SMILES string of the molecule is COc1ccc(OCC(=O)N/N=C\c2cc(C)n(-c3nccs3)c2C)cc1. The summed E-state index contributed by atoms with van der Waals surface area (Å²) >= 11 is 1.57. The Morgan fingerprint density at radius 3 is 2.70 bits per heavy atom. The molecule has 0 unspecified atom stereocenters. The van der Waals surface area contributed by atoms with E-state index in [4.69, 9.17) is 9.47 Å². The Hall–Kier alpha value is -3.13. The Kier molecular flexibility index (Phi) is 5.87.